The molecular weight excluding hydrogens is 302 g/mol. The van der Waals surface area contributed by atoms with Crippen molar-refractivity contribution in [1.29, 1.82) is 0 Å². The Morgan fingerprint density at radius 3 is 2.47 bits per heavy atom. The van der Waals surface area contributed by atoms with Crippen LogP contribution in [0, 0.1) is 0 Å². The van der Waals surface area contributed by atoms with Crippen molar-refractivity contribution in [1.82, 2.24) is 5.32 Å². The van der Waals surface area contributed by atoms with Gasteiger partial charge in [-0.25, -0.2) is 0 Å². The molecule has 0 aromatic heterocycles. The predicted molar refractivity (Wildman–Crippen MR) is 82.6 cm³/mol. The highest BCUT2D eigenvalue weighted by molar-refractivity contribution is 9.10. The van der Waals surface area contributed by atoms with Crippen molar-refractivity contribution in [3.8, 4) is 11.5 Å². The summed E-state index contributed by atoms with van der Waals surface area (Å²) >= 11 is 3.41. The van der Waals surface area contributed by atoms with E-state index in [0.29, 0.717) is 6.04 Å². The van der Waals surface area contributed by atoms with Crippen molar-refractivity contribution >= 4 is 15.9 Å². The van der Waals surface area contributed by atoms with Gasteiger partial charge in [0.2, 0.25) is 0 Å². The molecule has 0 heterocycles. The van der Waals surface area contributed by atoms with Crippen LogP contribution in [-0.2, 0) is 6.54 Å². The van der Waals surface area contributed by atoms with Crippen molar-refractivity contribution in [3.63, 3.8) is 0 Å². The number of nitrogens with one attached hydrogen (secondary N) is 1. The Bertz CT molecular complexity index is 523. The van der Waals surface area contributed by atoms with Crippen LogP contribution < -0.4 is 10.1 Å². The van der Waals surface area contributed by atoms with Crippen LogP contribution in [0.4, 0.5) is 0 Å². The maximum atomic E-state index is 5.83. The van der Waals surface area contributed by atoms with Crippen molar-refractivity contribution in [2.75, 3.05) is 0 Å². The van der Waals surface area contributed by atoms with Gasteiger partial charge in [-0.1, -0.05) is 41.9 Å². The second-order valence-corrected chi connectivity index (χ2v) is 5.65. The number of hydrogen-bond donors (Lipinski definition) is 1. The Hall–Kier alpha value is -1.32. The lowest BCUT2D eigenvalue weighted by Gasteiger charge is -2.10. The van der Waals surface area contributed by atoms with E-state index in [4.69, 9.17) is 4.74 Å². The molecule has 1 N–H and O–H groups in total. The molecule has 0 aliphatic carbocycles. The highest BCUT2D eigenvalue weighted by Gasteiger charge is 2.00. The van der Waals surface area contributed by atoms with E-state index in [-0.39, 0.29) is 0 Å². The van der Waals surface area contributed by atoms with Gasteiger partial charge in [-0.3, -0.25) is 0 Å². The molecule has 0 spiro atoms. The lowest BCUT2D eigenvalue weighted by Crippen LogP contribution is -2.21. The topological polar surface area (TPSA) is 21.3 Å². The van der Waals surface area contributed by atoms with E-state index in [9.17, 15) is 0 Å². The first-order valence-electron chi connectivity index (χ1n) is 6.39. The molecule has 0 amide bonds. The molecule has 100 valence electrons. The Morgan fingerprint density at radius 2 is 1.79 bits per heavy atom. The second-order valence-electron chi connectivity index (χ2n) is 4.74. The largest absolute Gasteiger partial charge is 0.457 e. The van der Waals surface area contributed by atoms with E-state index >= 15 is 0 Å². The van der Waals surface area contributed by atoms with Crippen LogP contribution in [0.1, 0.15) is 19.4 Å². The summed E-state index contributed by atoms with van der Waals surface area (Å²) in [6.45, 7) is 5.14. The Kier molecular flexibility index (Phi) is 5.00. The lowest BCUT2D eigenvalue weighted by molar-refractivity contribution is 0.481. The molecule has 0 radical (unpaired) electrons. The number of halogens is 1. The zero-order valence-corrected chi connectivity index (χ0v) is 12.8. The number of ether oxygens (including phenoxy) is 1. The van der Waals surface area contributed by atoms with Gasteiger partial charge in [-0.2, -0.15) is 0 Å². The Morgan fingerprint density at radius 1 is 1.05 bits per heavy atom. The molecule has 0 aliphatic heterocycles. The molecular formula is C16H18BrNO. The molecule has 0 saturated heterocycles. The van der Waals surface area contributed by atoms with Crippen molar-refractivity contribution < 1.29 is 4.74 Å². The highest BCUT2D eigenvalue weighted by Crippen LogP contribution is 2.23. The summed E-state index contributed by atoms with van der Waals surface area (Å²) in [5.74, 6) is 1.71. The van der Waals surface area contributed by atoms with Gasteiger partial charge in [0.25, 0.3) is 0 Å². The SMILES string of the molecule is CC(C)NCc1cccc(Oc2ccc(Br)cc2)c1. The number of rotatable bonds is 5. The number of hydrogen-bond acceptors (Lipinski definition) is 2. The molecule has 19 heavy (non-hydrogen) atoms. The molecule has 0 aliphatic rings. The quantitative estimate of drug-likeness (QED) is 0.859. The summed E-state index contributed by atoms with van der Waals surface area (Å²) in [5, 5.41) is 3.40. The Balaban J connectivity index is 2.04. The minimum absolute atomic E-state index is 0.482. The predicted octanol–water partition coefficient (Wildman–Crippen LogP) is 4.74. The van der Waals surface area contributed by atoms with Crippen molar-refractivity contribution in [2.45, 2.75) is 26.4 Å². The summed E-state index contributed by atoms with van der Waals surface area (Å²) in [6, 6.07) is 16.5. The van der Waals surface area contributed by atoms with Gasteiger partial charge in [-0.15, -0.1) is 0 Å². The Labute approximate surface area is 122 Å². The average molecular weight is 320 g/mol. The van der Waals surface area contributed by atoms with E-state index in [1.165, 1.54) is 5.56 Å². The van der Waals surface area contributed by atoms with E-state index < -0.39 is 0 Å². The van der Waals surface area contributed by atoms with Gasteiger partial charge in [0.1, 0.15) is 11.5 Å². The molecule has 0 fully saturated rings. The minimum Gasteiger partial charge on any atom is -0.457 e. The van der Waals surface area contributed by atoms with Crippen LogP contribution in [0.25, 0.3) is 0 Å². The van der Waals surface area contributed by atoms with E-state index in [2.05, 4.69) is 47.2 Å². The third kappa shape index (κ3) is 4.69. The normalized spacial score (nSPS) is 10.7. The zero-order valence-electron chi connectivity index (χ0n) is 11.2. The van der Waals surface area contributed by atoms with Gasteiger partial charge in [-0.05, 0) is 42.0 Å². The molecule has 0 atom stereocenters. The molecule has 2 aromatic rings. The first kappa shape index (κ1) is 14.1. The standard InChI is InChI=1S/C16H18BrNO/c1-12(2)18-11-13-4-3-5-16(10-13)19-15-8-6-14(17)7-9-15/h3-10,12,18H,11H2,1-2H3. The first-order chi connectivity index (χ1) is 9.13. The van der Waals surface area contributed by atoms with E-state index in [1.54, 1.807) is 0 Å². The van der Waals surface area contributed by atoms with Crippen LogP contribution in [0.3, 0.4) is 0 Å². The van der Waals surface area contributed by atoms with Gasteiger partial charge in [0.15, 0.2) is 0 Å². The van der Waals surface area contributed by atoms with E-state index in [0.717, 1.165) is 22.5 Å². The van der Waals surface area contributed by atoms with E-state index in [1.807, 2.05) is 36.4 Å². The average Bonchev–Trinajstić information content (AvgIpc) is 2.40. The molecule has 0 bridgehead atoms. The third-order valence-electron chi connectivity index (χ3n) is 2.66. The highest BCUT2D eigenvalue weighted by atomic mass is 79.9. The minimum atomic E-state index is 0.482. The fourth-order valence-electron chi connectivity index (χ4n) is 1.68. The molecule has 2 rings (SSSR count). The fraction of sp³-hybridized carbons (Fsp3) is 0.250. The van der Waals surface area contributed by atoms with Gasteiger partial charge in [0, 0.05) is 17.1 Å². The van der Waals surface area contributed by atoms with Crippen LogP contribution in [0.2, 0.25) is 0 Å². The van der Waals surface area contributed by atoms with Gasteiger partial charge in [0.05, 0.1) is 0 Å². The fourth-order valence-corrected chi connectivity index (χ4v) is 1.94. The zero-order chi connectivity index (χ0) is 13.7. The molecule has 2 aromatic carbocycles. The van der Waals surface area contributed by atoms with Crippen molar-refractivity contribution in [3.05, 3.63) is 58.6 Å². The summed E-state index contributed by atoms with van der Waals surface area (Å²) in [5.41, 5.74) is 1.23. The maximum absolute atomic E-state index is 5.83. The van der Waals surface area contributed by atoms with Crippen LogP contribution in [-0.4, -0.2) is 6.04 Å². The summed E-state index contributed by atoms with van der Waals surface area (Å²) in [7, 11) is 0. The second kappa shape index (κ2) is 6.73. The van der Waals surface area contributed by atoms with Crippen LogP contribution in [0.5, 0.6) is 11.5 Å². The maximum Gasteiger partial charge on any atom is 0.127 e. The van der Waals surface area contributed by atoms with Gasteiger partial charge < -0.3 is 10.1 Å². The number of benzene rings is 2. The smallest absolute Gasteiger partial charge is 0.127 e. The van der Waals surface area contributed by atoms with Crippen LogP contribution in [0.15, 0.2) is 53.0 Å². The summed E-state index contributed by atoms with van der Waals surface area (Å²) < 4.78 is 6.88. The molecule has 0 unspecified atom stereocenters. The molecule has 2 nitrogen and oxygen atoms in total. The lowest BCUT2D eigenvalue weighted by atomic mass is 10.2. The van der Waals surface area contributed by atoms with Crippen molar-refractivity contribution in [2.24, 2.45) is 0 Å². The molecule has 3 heteroatoms. The summed E-state index contributed by atoms with van der Waals surface area (Å²) in [6.07, 6.45) is 0. The first-order valence-corrected chi connectivity index (χ1v) is 7.18. The summed E-state index contributed by atoms with van der Waals surface area (Å²) in [4.78, 5) is 0. The van der Waals surface area contributed by atoms with Crippen LogP contribution >= 0.6 is 15.9 Å². The third-order valence-corrected chi connectivity index (χ3v) is 3.19. The molecule has 0 saturated carbocycles. The van der Waals surface area contributed by atoms with Gasteiger partial charge >= 0.3 is 0 Å². The monoisotopic (exact) mass is 319 g/mol.